The molecule has 0 heterocycles. The highest BCUT2D eigenvalue weighted by atomic mass is 32.2. The van der Waals surface area contributed by atoms with E-state index < -0.39 is 16.9 Å². The summed E-state index contributed by atoms with van der Waals surface area (Å²) in [6, 6.07) is 3.70. The number of nitrogens with zero attached hydrogens (tertiary/aromatic N) is 1. The molecule has 0 spiro atoms. The Balaban J connectivity index is 2.56. The maximum atomic E-state index is 11.9. The first-order valence-electron chi connectivity index (χ1n) is 7.65. The number of nitro groups is 1. The van der Waals surface area contributed by atoms with Crippen LogP contribution in [-0.2, 0) is 15.3 Å². The van der Waals surface area contributed by atoms with Crippen molar-refractivity contribution in [3.05, 3.63) is 33.9 Å². The lowest BCUT2D eigenvalue weighted by atomic mass is 10.0. The number of hydrogen-bond donors (Lipinski definition) is 2. The number of methoxy groups -OCH3 is 1. The van der Waals surface area contributed by atoms with Gasteiger partial charge in [-0.1, -0.05) is 19.9 Å². The van der Waals surface area contributed by atoms with E-state index >= 15 is 0 Å². The third-order valence-corrected chi connectivity index (χ3v) is 4.29. The number of aliphatic carboxylic acids is 1. The number of carbonyl (C=O) groups excluding carboxylic acids is 1. The highest BCUT2D eigenvalue weighted by molar-refractivity contribution is 7.99. The summed E-state index contributed by atoms with van der Waals surface area (Å²) in [5.74, 6) is -0.649. The van der Waals surface area contributed by atoms with Crippen LogP contribution in [0.3, 0.4) is 0 Å². The van der Waals surface area contributed by atoms with Crippen molar-refractivity contribution >= 4 is 29.3 Å². The quantitative estimate of drug-likeness (QED) is 0.479. The number of rotatable bonds is 10. The first kappa shape index (κ1) is 20.8. The fourth-order valence-corrected chi connectivity index (χ4v) is 2.94. The largest absolute Gasteiger partial charge is 0.490 e. The molecule has 1 amide bonds. The van der Waals surface area contributed by atoms with Crippen LogP contribution in [0.4, 0.5) is 5.69 Å². The summed E-state index contributed by atoms with van der Waals surface area (Å²) in [5, 5.41) is 22.6. The number of benzene rings is 1. The Bertz CT molecular complexity index is 635. The summed E-state index contributed by atoms with van der Waals surface area (Å²) in [6.45, 7) is 3.76. The van der Waals surface area contributed by atoms with Gasteiger partial charge in [0.15, 0.2) is 5.75 Å². The number of nitrogens with one attached hydrogen (secondary N) is 1. The van der Waals surface area contributed by atoms with Gasteiger partial charge in [0.1, 0.15) is 6.04 Å². The van der Waals surface area contributed by atoms with Gasteiger partial charge in [-0.25, -0.2) is 4.79 Å². The number of nitro benzene ring substituents is 1. The Hall–Kier alpha value is -2.29. The summed E-state index contributed by atoms with van der Waals surface area (Å²) in [6.07, 6.45) is 0.358. The number of carbonyl (C=O) groups is 2. The van der Waals surface area contributed by atoms with E-state index in [0.717, 1.165) is 0 Å². The third kappa shape index (κ3) is 7.00. The van der Waals surface area contributed by atoms with Crippen molar-refractivity contribution in [1.82, 2.24) is 5.32 Å². The van der Waals surface area contributed by atoms with E-state index in [9.17, 15) is 19.7 Å². The number of carboxylic acid groups (broad SMARTS) is 1. The molecule has 0 aliphatic rings. The summed E-state index contributed by atoms with van der Waals surface area (Å²) in [5.41, 5.74) is 0.551. The zero-order chi connectivity index (χ0) is 19.0. The molecule has 0 aromatic heterocycles. The van der Waals surface area contributed by atoms with Gasteiger partial charge in [0.25, 0.3) is 0 Å². The Morgan fingerprint density at radius 1 is 1.40 bits per heavy atom. The smallest absolute Gasteiger partial charge is 0.326 e. The van der Waals surface area contributed by atoms with Crippen molar-refractivity contribution in [3.63, 3.8) is 0 Å². The van der Waals surface area contributed by atoms with Crippen LogP contribution in [0, 0.1) is 16.0 Å². The fourth-order valence-electron chi connectivity index (χ4n) is 2.16. The Morgan fingerprint density at radius 2 is 2.08 bits per heavy atom. The van der Waals surface area contributed by atoms with Gasteiger partial charge in [-0.05, 0) is 24.0 Å². The summed E-state index contributed by atoms with van der Waals surface area (Å²) in [7, 11) is 1.36. The van der Waals surface area contributed by atoms with Crippen molar-refractivity contribution in [2.45, 2.75) is 32.1 Å². The zero-order valence-corrected chi connectivity index (χ0v) is 15.2. The average Bonchev–Trinajstić information content (AvgIpc) is 2.53. The Kier molecular flexibility index (Phi) is 8.20. The number of carboxylic acids is 1. The van der Waals surface area contributed by atoms with Crippen molar-refractivity contribution in [2.75, 3.05) is 12.9 Å². The molecule has 0 bridgehead atoms. The number of amides is 1. The monoisotopic (exact) mass is 370 g/mol. The van der Waals surface area contributed by atoms with Crippen molar-refractivity contribution in [1.29, 1.82) is 0 Å². The minimum atomic E-state index is -1.06. The lowest BCUT2D eigenvalue weighted by molar-refractivity contribution is -0.385. The SMILES string of the molecule is COc1ccc(CSCC(=O)NC(CC(C)C)C(=O)O)cc1[N+](=O)[O-]. The van der Waals surface area contributed by atoms with Gasteiger partial charge >= 0.3 is 11.7 Å². The normalized spacial score (nSPS) is 11.8. The van der Waals surface area contributed by atoms with Crippen LogP contribution >= 0.6 is 11.8 Å². The topological polar surface area (TPSA) is 119 Å². The maximum absolute atomic E-state index is 11.9. The van der Waals surface area contributed by atoms with Crippen LogP contribution in [0.2, 0.25) is 0 Å². The number of ether oxygens (including phenoxy) is 1. The third-order valence-electron chi connectivity index (χ3n) is 3.28. The lowest BCUT2D eigenvalue weighted by Crippen LogP contribution is -2.42. The van der Waals surface area contributed by atoms with Gasteiger partial charge in [-0.15, -0.1) is 11.8 Å². The molecule has 0 fully saturated rings. The molecule has 25 heavy (non-hydrogen) atoms. The molecular formula is C16H22N2O6S. The minimum Gasteiger partial charge on any atom is -0.490 e. The highest BCUT2D eigenvalue weighted by Gasteiger charge is 2.21. The van der Waals surface area contributed by atoms with Crippen LogP contribution in [0.15, 0.2) is 18.2 Å². The van der Waals surface area contributed by atoms with Gasteiger partial charge in [-0.3, -0.25) is 14.9 Å². The van der Waals surface area contributed by atoms with Gasteiger partial charge in [-0.2, -0.15) is 0 Å². The van der Waals surface area contributed by atoms with Crippen molar-refractivity contribution in [2.24, 2.45) is 5.92 Å². The Morgan fingerprint density at radius 3 is 2.60 bits per heavy atom. The molecule has 0 saturated heterocycles. The fraction of sp³-hybridized carbons (Fsp3) is 0.500. The second-order valence-electron chi connectivity index (χ2n) is 5.84. The van der Waals surface area contributed by atoms with Crippen LogP contribution in [0.25, 0.3) is 0 Å². The number of hydrogen-bond acceptors (Lipinski definition) is 6. The summed E-state index contributed by atoms with van der Waals surface area (Å²) < 4.78 is 4.93. The molecule has 0 aliphatic heterocycles. The molecule has 8 nitrogen and oxygen atoms in total. The molecule has 9 heteroatoms. The molecular weight excluding hydrogens is 348 g/mol. The van der Waals surface area contributed by atoms with E-state index in [1.165, 1.54) is 31.0 Å². The molecule has 138 valence electrons. The van der Waals surface area contributed by atoms with E-state index in [0.29, 0.717) is 17.7 Å². The molecule has 1 atom stereocenters. The summed E-state index contributed by atoms with van der Waals surface area (Å²) >= 11 is 1.25. The second-order valence-corrected chi connectivity index (χ2v) is 6.83. The average molecular weight is 370 g/mol. The second kappa shape index (κ2) is 9.87. The molecule has 1 aromatic rings. The van der Waals surface area contributed by atoms with Crippen LogP contribution in [0.5, 0.6) is 5.75 Å². The highest BCUT2D eigenvalue weighted by Crippen LogP contribution is 2.28. The van der Waals surface area contributed by atoms with E-state index in [2.05, 4.69) is 5.32 Å². The molecule has 0 aliphatic carbocycles. The number of thioether (sulfide) groups is 1. The van der Waals surface area contributed by atoms with Gasteiger partial charge in [0.2, 0.25) is 5.91 Å². The van der Waals surface area contributed by atoms with Crippen molar-refractivity contribution in [3.8, 4) is 5.75 Å². The Labute approximate surface area is 150 Å². The molecule has 0 saturated carbocycles. The van der Waals surface area contributed by atoms with E-state index in [-0.39, 0.29) is 29.0 Å². The predicted molar refractivity (Wildman–Crippen MR) is 94.8 cm³/mol. The predicted octanol–water partition coefficient (Wildman–Crippen LogP) is 2.45. The zero-order valence-electron chi connectivity index (χ0n) is 14.4. The first-order chi connectivity index (χ1) is 11.7. The molecule has 2 N–H and O–H groups in total. The lowest BCUT2D eigenvalue weighted by Gasteiger charge is -2.16. The van der Waals surface area contributed by atoms with Crippen LogP contribution < -0.4 is 10.1 Å². The summed E-state index contributed by atoms with van der Waals surface area (Å²) in [4.78, 5) is 33.5. The van der Waals surface area contributed by atoms with Gasteiger partial charge in [0, 0.05) is 11.8 Å². The van der Waals surface area contributed by atoms with Crippen molar-refractivity contribution < 1.29 is 24.4 Å². The molecule has 1 aromatic carbocycles. The maximum Gasteiger partial charge on any atom is 0.326 e. The van der Waals surface area contributed by atoms with E-state index in [4.69, 9.17) is 9.84 Å². The van der Waals surface area contributed by atoms with E-state index in [1.54, 1.807) is 6.07 Å². The molecule has 1 unspecified atom stereocenters. The molecule has 1 rings (SSSR count). The minimum absolute atomic E-state index is 0.0711. The van der Waals surface area contributed by atoms with Gasteiger partial charge in [0.05, 0.1) is 17.8 Å². The van der Waals surface area contributed by atoms with Crippen LogP contribution in [-0.4, -0.2) is 40.8 Å². The van der Waals surface area contributed by atoms with E-state index in [1.807, 2.05) is 13.8 Å². The van der Waals surface area contributed by atoms with Gasteiger partial charge < -0.3 is 15.2 Å². The first-order valence-corrected chi connectivity index (χ1v) is 8.81. The molecule has 0 radical (unpaired) electrons. The van der Waals surface area contributed by atoms with Crippen LogP contribution in [0.1, 0.15) is 25.8 Å². The standard InChI is InChI=1S/C16H22N2O6S/c1-10(2)6-12(16(20)21)17-15(19)9-25-8-11-4-5-14(24-3)13(7-11)18(22)23/h4-5,7,10,12H,6,8-9H2,1-3H3,(H,17,19)(H,20,21).